The van der Waals surface area contributed by atoms with Crippen molar-refractivity contribution in [3.05, 3.63) is 35.9 Å². The first-order valence-electron chi connectivity index (χ1n) is 7.86. The number of hydrogen-bond donors (Lipinski definition) is 1. The minimum absolute atomic E-state index is 0.134. The van der Waals surface area contributed by atoms with Gasteiger partial charge in [-0.1, -0.05) is 43.7 Å². The van der Waals surface area contributed by atoms with Crippen LogP contribution in [0.4, 0.5) is 4.79 Å². The summed E-state index contributed by atoms with van der Waals surface area (Å²) in [4.78, 5) is 38.1. The molecule has 1 N–H and O–H groups in total. The maximum atomic E-state index is 12.8. The van der Waals surface area contributed by atoms with Gasteiger partial charge >= 0.3 is 12.0 Å². The van der Waals surface area contributed by atoms with Gasteiger partial charge in [-0.15, -0.1) is 0 Å². The lowest BCUT2D eigenvalue weighted by atomic mass is 9.89. The van der Waals surface area contributed by atoms with E-state index >= 15 is 0 Å². The summed E-state index contributed by atoms with van der Waals surface area (Å²) >= 11 is 0. The van der Waals surface area contributed by atoms with E-state index in [4.69, 9.17) is 4.74 Å². The Morgan fingerprint density at radius 1 is 1.22 bits per heavy atom. The second kappa shape index (κ2) is 7.26. The molecule has 1 aromatic carbocycles. The highest BCUT2D eigenvalue weighted by molar-refractivity contribution is 6.08. The number of nitrogens with zero attached hydrogens (tertiary/aromatic N) is 1. The van der Waals surface area contributed by atoms with Crippen molar-refractivity contribution in [2.75, 3.05) is 6.61 Å². The number of nitrogens with one attached hydrogen (secondary N) is 1. The van der Waals surface area contributed by atoms with Gasteiger partial charge in [-0.05, 0) is 18.9 Å². The predicted octanol–water partition coefficient (Wildman–Crippen LogP) is 2.23. The zero-order valence-corrected chi connectivity index (χ0v) is 13.5. The number of carbonyl (C=O) groups excluding carboxylic acids is 3. The third-order valence-electron chi connectivity index (χ3n) is 3.86. The van der Waals surface area contributed by atoms with Crippen molar-refractivity contribution in [2.45, 2.75) is 45.2 Å². The Balaban J connectivity index is 2.19. The summed E-state index contributed by atoms with van der Waals surface area (Å²) in [7, 11) is 0. The molecule has 1 unspecified atom stereocenters. The molecule has 6 heteroatoms. The van der Waals surface area contributed by atoms with E-state index in [0.717, 1.165) is 5.56 Å². The number of hydrogen-bond acceptors (Lipinski definition) is 4. The van der Waals surface area contributed by atoms with E-state index in [-0.39, 0.29) is 25.5 Å². The number of rotatable bonds is 7. The van der Waals surface area contributed by atoms with Gasteiger partial charge in [0.25, 0.3) is 5.91 Å². The van der Waals surface area contributed by atoms with Crippen LogP contribution in [-0.2, 0) is 20.9 Å². The van der Waals surface area contributed by atoms with Crippen molar-refractivity contribution in [3.8, 4) is 0 Å². The Kier molecular flexibility index (Phi) is 5.36. The van der Waals surface area contributed by atoms with E-state index in [2.05, 4.69) is 5.32 Å². The Hall–Kier alpha value is -2.37. The number of amides is 3. The normalized spacial score (nSPS) is 20.5. The van der Waals surface area contributed by atoms with Gasteiger partial charge in [-0.25, -0.2) is 4.79 Å². The van der Waals surface area contributed by atoms with Crippen LogP contribution in [0, 0.1) is 0 Å². The molecule has 1 aliphatic heterocycles. The van der Waals surface area contributed by atoms with Crippen LogP contribution in [-0.4, -0.2) is 35.0 Å². The predicted molar refractivity (Wildman–Crippen MR) is 84.4 cm³/mol. The average molecular weight is 318 g/mol. The summed E-state index contributed by atoms with van der Waals surface area (Å²) < 4.78 is 4.95. The molecule has 1 aliphatic rings. The molecule has 1 heterocycles. The van der Waals surface area contributed by atoms with E-state index < -0.39 is 17.5 Å². The smallest absolute Gasteiger partial charge is 0.325 e. The van der Waals surface area contributed by atoms with E-state index in [1.54, 1.807) is 6.92 Å². The molecule has 2 rings (SSSR count). The summed E-state index contributed by atoms with van der Waals surface area (Å²) in [5.41, 5.74) is -0.327. The first kappa shape index (κ1) is 17.0. The molecule has 0 bridgehead atoms. The standard InChI is InChI=1S/C17H22N2O4/c1-3-10-17(11-14(20)23-4-2)15(21)19(16(22)18-17)12-13-8-6-5-7-9-13/h5-9H,3-4,10-12H2,1-2H3,(H,18,22). The van der Waals surface area contributed by atoms with Crippen LogP contribution in [0.2, 0.25) is 0 Å². The maximum Gasteiger partial charge on any atom is 0.325 e. The van der Waals surface area contributed by atoms with Crippen LogP contribution >= 0.6 is 0 Å². The summed E-state index contributed by atoms with van der Waals surface area (Å²) in [6.07, 6.45) is 0.941. The molecule has 0 aliphatic carbocycles. The highest BCUT2D eigenvalue weighted by Gasteiger charge is 2.51. The van der Waals surface area contributed by atoms with Crippen LogP contribution in [0.25, 0.3) is 0 Å². The number of ether oxygens (including phenoxy) is 1. The van der Waals surface area contributed by atoms with Crippen molar-refractivity contribution in [1.29, 1.82) is 0 Å². The van der Waals surface area contributed by atoms with Gasteiger partial charge in [-0.2, -0.15) is 0 Å². The third kappa shape index (κ3) is 3.70. The first-order valence-corrected chi connectivity index (χ1v) is 7.86. The molecule has 3 amide bonds. The summed E-state index contributed by atoms with van der Waals surface area (Å²) in [6, 6.07) is 8.82. The minimum atomic E-state index is -1.19. The lowest BCUT2D eigenvalue weighted by Crippen LogP contribution is -2.48. The molecular weight excluding hydrogens is 296 g/mol. The molecule has 6 nitrogen and oxygen atoms in total. The van der Waals surface area contributed by atoms with Crippen molar-refractivity contribution < 1.29 is 19.1 Å². The van der Waals surface area contributed by atoms with E-state index in [0.29, 0.717) is 12.8 Å². The monoisotopic (exact) mass is 318 g/mol. The highest BCUT2D eigenvalue weighted by Crippen LogP contribution is 2.28. The van der Waals surface area contributed by atoms with Gasteiger partial charge in [0, 0.05) is 0 Å². The van der Waals surface area contributed by atoms with Gasteiger partial charge in [0.2, 0.25) is 0 Å². The Labute approximate surface area is 135 Å². The molecular formula is C17H22N2O4. The SMILES string of the molecule is CCCC1(CC(=O)OCC)NC(=O)N(Cc2ccccc2)C1=O. The van der Waals surface area contributed by atoms with Gasteiger partial charge in [0.1, 0.15) is 5.54 Å². The van der Waals surface area contributed by atoms with Crippen molar-refractivity contribution >= 4 is 17.9 Å². The second-order valence-electron chi connectivity index (χ2n) is 5.62. The van der Waals surface area contributed by atoms with Crippen molar-refractivity contribution in [1.82, 2.24) is 10.2 Å². The van der Waals surface area contributed by atoms with E-state index in [1.807, 2.05) is 37.3 Å². The van der Waals surface area contributed by atoms with E-state index in [9.17, 15) is 14.4 Å². The zero-order chi connectivity index (χ0) is 16.9. The zero-order valence-electron chi connectivity index (χ0n) is 13.5. The molecule has 0 aromatic heterocycles. The molecule has 0 radical (unpaired) electrons. The number of carbonyl (C=O) groups is 3. The van der Waals surface area contributed by atoms with Crippen molar-refractivity contribution in [3.63, 3.8) is 0 Å². The molecule has 1 atom stereocenters. The molecule has 1 fully saturated rings. The van der Waals surface area contributed by atoms with Crippen LogP contribution in [0.15, 0.2) is 30.3 Å². The van der Waals surface area contributed by atoms with Gasteiger partial charge in [0.15, 0.2) is 0 Å². The highest BCUT2D eigenvalue weighted by atomic mass is 16.5. The summed E-state index contributed by atoms with van der Waals surface area (Å²) in [5, 5.41) is 2.71. The molecule has 1 saturated heterocycles. The Bertz CT molecular complexity index is 588. The average Bonchev–Trinajstić information content (AvgIpc) is 2.73. The van der Waals surface area contributed by atoms with E-state index in [1.165, 1.54) is 4.90 Å². The number of imide groups is 1. The van der Waals surface area contributed by atoms with Gasteiger partial charge < -0.3 is 10.1 Å². The fourth-order valence-electron chi connectivity index (χ4n) is 2.85. The second-order valence-corrected chi connectivity index (χ2v) is 5.62. The molecule has 0 spiro atoms. The number of benzene rings is 1. The van der Waals surface area contributed by atoms with Crippen molar-refractivity contribution in [2.24, 2.45) is 0 Å². The first-order chi connectivity index (χ1) is 11.0. The largest absolute Gasteiger partial charge is 0.466 e. The lowest BCUT2D eigenvalue weighted by Gasteiger charge is -2.25. The van der Waals surface area contributed by atoms with Crippen LogP contribution in [0.1, 0.15) is 38.7 Å². The topological polar surface area (TPSA) is 75.7 Å². The Morgan fingerprint density at radius 3 is 2.52 bits per heavy atom. The lowest BCUT2D eigenvalue weighted by molar-refractivity contribution is -0.148. The third-order valence-corrected chi connectivity index (χ3v) is 3.86. The Morgan fingerprint density at radius 2 is 1.91 bits per heavy atom. The summed E-state index contributed by atoms with van der Waals surface area (Å²) in [5.74, 6) is -0.836. The fraction of sp³-hybridized carbons (Fsp3) is 0.471. The molecule has 23 heavy (non-hydrogen) atoms. The molecule has 124 valence electrons. The van der Waals surface area contributed by atoms with Crippen LogP contribution in [0.5, 0.6) is 0 Å². The maximum absolute atomic E-state index is 12.8. The minimum Gasteiger partial charge on any atom is -0.466 e. The molecule has 1 aromatic rings. The number of urea groups is 1. The van der Waals surface area contributed by atoms with Crippen LogP contribution in [0.3, 0.4) is 0 Å². The molecule has 0 saturated carbocycles. The fourth-order valence-corrected chi connectivity index (χ4v) is 2.85. The summed E-state index contributed by atoms with van der Waals surface area (Å²) in [6.45, 7) is 4.06. The van der Waals surface area contributed by atoms with Gasteiger partial charge in [0.05, 0.1) is 19.6 Å². The quantitative estimate of drug-likeness (QED) is 0.618. The van der Waals surface area contributed by atoms with Crippen LogP contribution < -0.4 is 5.32 Å². The van der Waals surface area contributed by atoms with Gasteiger partial charge in [-0.3, -0.25) is 14.5 Å². The number of esters is 1.